The zero-order chi connectivity index (χ0) is 19.6. The lowest BCUT2D eigenvalue weighted by molar-refractivity contribution is -0.121. The van der Waals surface area contributed by atoms with Crippen LogP contribution in [-0.2, 0) is 14.8 Å². The van der Waals surface area contributed by atoms with Gasteiger partial charge in [-0.1, -0.05) is 22.9 Å². The number of nitrogens with zero attached hydrogens (tertiary/aromatic N) is 3. The zero-order valence-electron chi connectivity index (χ0n) is 15.7. The number of amides is 1. The summed E-state index contributed by atoms with van der Waals surface area (Å²) in [5.41, 5.74) is 1.70. The van der Waals surface area contributed by atoms with Gasteiger partial charge in [0.15, 0.2) is 0 Å². The summed E-state index contributed by atoms with van der Waals surface area (Å²) in [6.45, 7) is 7.13. The van der Waals surface area contributed by atoms with Gasteiger partial charge in [-0.05, 0) is 32.9 Å². The molecule has 1 atom stereocenters. The molecule has 2 aromatic rings. The van der Waals surface area contributed by atoms with E-state index in [1.807, 2.05) is 11.8 Å². The molecule has 3 rings (SSSR count). The van der Waals surface area contributed by atoms with E-state index in [2.05, 4.69) is 10.5 Å². The summed E-state index contributed by atoms with van der Waals surface area (Å²) in [6.07, 6.45) is 0. The van der Waals surface area contributed by atoms with Crippen LogP contribution in [-0.4, -0.2) is 60.9 Å². The van der Waals surface area contributed by atoms with Crippen molar-refractivity contribution < 1.29 is 17.7 Å². The zero-order valence-corrected chi connectivity index (χ0v) is 16.5. The second-order valence-electron chi connectivity index (χ2n) is 6.75. The summed E-state index contributed by atoms with van der Waals surface area (Å²) in [4.78, 5) is 14.6. The molecule has 1 amide bonds. The molecule has 146 valence electrons. The van der Waals surface area contributed by atoms with Crippen LogP contribution in [0.1, 0.15) is 18.2 Å². The molecule has 2 heterocycles. The fraction of sp³-hybridized carbons (Fsp3) is 0.444. The number of sulfonamides is 1. The van der Waals surface area contributed by atoms with Crippen LogP contribution in [0.3, 0.4) is 0 Å². The Morgan fingerprint density at radius 1 is 1.15 bits per heavy atom. The van der Waals surface area contributed by atoms with Gasteiger partial charge in [-0.3, -0.25) is 15.0 Å². The highest BCUT2D eigenvalue weighted by molar-refractivity contribution is 7.89. The van der Waals surface area contributed by atoms with Gasteiger partial charge in [0, 0.05) is 32.2 Å². The summed E-state index contributed by atoms with van der Waals surface area (Å²) in [7, 11) is -3.51. The van der Waals surface area contributed by atoms with Gasteiger partial charge in [-0.25, -0.2) is 8.42 Å². The first-order valence-electron chi connectivity index (χ1n) is 8.82. The third-order valence-electron chi connectivity index (χ3n) is 4.73. The number of aromatic nitrogens is 1. The number of carbonyl (C=O) groups excluding carboxylic acids is 1. The number of hydrogen-bond acceptors (Lipinski definition) is 6. The fourth-order valence-electron chi connectivity index (χ4n) is 3.00. The van der Waals surface area contributed by atoms with E-state index >= 15 is 0 Å². The Kier molecular flexibility index (Phi) is 5.64. The Morgan fingerprint density at radius 2 is 1.78 bits per heavy atom. The average molecular weight is 392 g/mol. The number of benzene rings is 1. The standard InChI is InChI=1S/C18H24N4O4S/c1-13-4-6-16(7-5-13)27(24,25)22-10-8-21(9-11-22)15(3)18(23)19-17-12-14(2)20-26-17/h4-7,12,15H,8-11H2,1-3H3,(H,19,23). The van der Waals surface area contributed by atoms with E-state index in [1.165, 1.54) is 4.31 Å². The molecule has 0 spiro atoms. The third-order valence-corrected chi connectivity index (χ3v) is 6.65. The number of rotatable bonds is 5. The first kappa shape index (κ1) is 19.5. The van der Waals surface area contributed by atoms with Crippen LogP contribution in [0.25, 0.3) is 0 Å². The average Bonchev–Trinajstić information content (AvgIpc) is 3.06. The maximum absolute atomic E-state index is 12.8. The van der Waals surface area contributed by atoms with E-state index in [1.54, 1.807) is 44.2 Å². The van der Waals surface area contributed by atoms with Gasteiger partial charge < -0.3 is 4.52 Å². The Labute approximate surface area is 159 Å². The van der Waals surface area contributed by atoms with Crippen LogP contribution in [0, 0.1) is 13.8 Å². The molecule has 8 nitrogen and oxygen atoms in total. The molecule has 27 heavy (non-hydrogen) atoms. The predicted octanol–water partition coefficient (Wildman–Crippen LogP) is 1.62. The minimum Gasteiger partial charge on any atom is -0.338 e. The molecule has 1 unspecified atom stereocenters. The molecule has 1 saturated heterocycles. The van der Waals surface area contributed by atoms with Gasteiger partial charge in [0.05, 0.1) is 16.6 Å². The highest BCUT2D eigenvalue weighted by Gasteiger charge is 2.32. The predicted molar refractivity (Wildman–Crippen MR) is 101 cm³/mol. The van der Waals surface area contributed by atoms with Gasteiger partial charge in [0.2, 0.25) is 21.8 Å². The number of nitrogens with one attached hydrogen (secondary N) is 1. The molecule has 1 N–H and O–H groups in total. The number of carbonyl (C=O) groups is 1. The normalized spacial score (nSPS) is 17.6. The molecule has 1 aromatic heterocycles. The third kappa shape index (κ3) is 4.37. The molecule has 0 bridgehead atoms. The first-order valence-corrected chi connectivity index (χ1v) is 10.3. The van der Waals surface area contributed by atoms with Crippen LogP contribution in [0.5, 0.6) is 0 Å². The lowest BCUT2D eigenvalue weighted by atomic mass is 10.2. The Hall–Kier alpha value is -2.23. The van der Waals surface area contributed by atoms with E-state index < -0.39 is 16.1 Å². The largest absolute Gasteiger partial charge is 0.338 e. The SMILES string of the molecule is Cc1ccc(S(=O)(=O)N2CCN(C(C)C(=O)Nc3cc(C)no3)CC2)cc1. The monoisotopic (exact) mass is 392 g/mol. The molecular formula is C18H24N4O4S. The second kappa shape index (κ2) is 7.79. The van der Waals surface area contributed by atoms with Gasteiger partial charge >= 0.3 is 0 Å². The van der Waals surface area contributed by atoms with Crippen molar-refractivity contribution in [3.63, 3.8) is 0 Å². The van der Waals surface area contributed by atoms with Gasteiger partial charge in [-0.15, -0.1) is 0 Å². The second-order valence-corrected chi connectivity index (χ2v) is 8.69. The molecule has 1 aromatic carbocycles. The lowest BCUT2D eigenvalue weighted by Crippen LogP contribution is -2.53. The number of aryl methyl sites for hydroxylation is 2. The van der Waals surface area contributed by atoms with Crippen LogP contribution >= 0.6 is 0 Å². The molecule has 1 aliphatic rings. The molecule has 1 aliphatic heterocycles. The Morgan fingerprint density at radius 3 is 2.33 bits per heavy atom. The van der Waals surface area contributed by atoms with E-state index in [9.17, 15) is 13.2 Å². The van der Waals surface area contributed by atoms with E-state index in [-0.39, 0.29) is 5.91 Å². The summed E-state index contributed by atoms with van der Waals surface area (Å²) in [5.74, 6) is 0.103. The van der Waals surface area contributed by atoms with Gasteiger partial charge in [-0.2, -0.15) is 4.31 Å². The topological polar surface area (TPSA) is 95.8 Å². The van der Waals surface area contributed by atoms with Crippen molar-refractivity contribution >= 4 is 21.8 Å². The van der Waals surface area contributed by atoms with Gasteiger partial charge in [0.1, 0.15) is 0 Å². The van der Waals surface area contributed by atoms with Crippen LogP contribution in [0.2, 0.25) is 0 Å². The van der Waals surface area contributed by atoms with Crippen molar-refractivity contribution in [3.05, 3.63) is 41.6 Å². The number of piperazine rings is 1. The quantitative estimate of drug-likeness (QED) is 0.831. The number of hydrogen-bond donors (Lipinski definition) is 1. The van der Waals surface area contributed by atoms with Crippen molar-refractivity contribution in [1.29, 1.82) is 0 Å². The maximum Gasteiger partial charge on any atom is 0.243 e. The highest BCUT2D eigenvalue weighted by Crippen LogP contribution is 2.19. The molecular weight excluding hydrogens is 368 g/mol. The van der Waals surface area contributed by atoms with Crippen molar-refractivity contribution in [1.82, 2.24) is 14.4 Å². The molecule has 9 heteroatoms. The highest BCUT2D eigenvalue weighted by atomic mass is 32.2. The van der Waals surface area contributed by atoms with Crippen molar-refractivity contribution in [2.24, 2.45) is 0 Å². The molecule has 0 radical (unpaired) electrons. The molecule has 1 fully saturated rings. The van der Waals surface area contributed by atoms with E-state index in [4.69, 9.17) is 4.52 Å². The van der Waals surface area contributed by atoms with Crippen molar-refractivity contribution in [2.45, 2.75) is 31.7 Å². The van der Waals surface area contributed by atoms with E-state index in [0.29, 0.717) is 42.7 Å². The summed E-state index contributed by atoms with van der Waals surface area (Å²) < 4.78 is 32.0. The Bertz CT molecular complexity index is 900. The van der Waals surface area contributed by atoms with Crippen LogP contribution in [0.4, 0.5) is 5.88 Å². The summed E-state index contributed by atoms with van der Waals surface area (Å²) >= 11 is 0. The van der Waals surface area contributed by atoms with Gasteiger partial charge in [0.25, 0.3) is 0 Å². The minimum absolute atomic E-state index is 0.207. The smallest absolute Gasteiger partial charge is 0.243 e. The Balaban J connectivity index is 1.59. The molecule has 0 aliphatic carbocycles. The number of anilines is 1. The fourth-order valence-corrected chi connectivity index (χ4v) is 4.43. The first-order chi connectivity index (χ1) is 12.8. The lowest BCUT2D eigenvalue weighted by Gasteiger charge is -2.36. The minimum atomic E-state index is -3.51. The summed E-state index contributed by atoms with van der Waals surface area (Å²) in [6, 6.07) is 8.09. The van der Waals surface area contributed by atoms with Crippen LogP contribution in [0.15, 0.2) is 39.8 Å². The molecule has 0 saturated carbocycles. The maximum atomic E-state index is 12.8. The van der Waals surface area contributed by atoms with Crippen molar-refractivity contribution in [3.8, 4) is 0 Å². The van der Waals surface area contributed by atoms with E-state index in [0.717, 1.165) is 5.56 Å². The van der Waals surface area contributed by atoms with Crippen molar-refractivity contribution in [2.75, 3.05) is 31.5 Å². The van der Waals surface area contributed by atoms with Crippen LogP contribution < -0.4 is 5.32 Å². The summed E-state index contributed by atoms with van der Waals surface area (Å²) in [5, 5.41) is 6.43.